The Morgan fingerprint density at radius 3 is 2.38 bits per heavy atom. The number of nitrogens with one attached hydrogen (secondary N) is 1. The number of thioether (sulfide) groups is 1. The number of rotatable bonds is 6. The zero-order valence-electron chi connectivity index (χ0n) is 12.8. The normalized spacial score (nSPS) is 10.0. The van der Waals surface area contributed by atoms with Gasteiger partial charge in [0.15, 0.2) is 0 Å². The van der Waals surface area contributed by atoms with Crippen molar-refractivity contribution in [1.82, 2.24) is 0 Å². The van der Waals surface area contributed by atoms with Crippen molar-refractivity contribution in [1.29, 1.82) is 0 Å². The molecule has 0 unspecified atom stereocenters. The Hall–Kier alpha value is -2.80. The lowest BCUT2D eigenvalue weighted by molar-refractivity contribution is -0.113. The predicted octanol–water partition coefficient (Wildman–Crippen LogP) is 2.90. The van der Waals surface area contributed by atoms with Gasteiger partial charge in [-0.05, 0) is 36.4 Å². The number of carbonyl (C=O) groups excluding carboxylic acids is 2. The maximum atomic E-state index is 12.0. The number of carbonyl (C=O) groups is 3. The van der Waals surface area contributed by atoms with Crippen LogP contribution in [0, 0.1) is 0 Å². The lowest BCUT2D eigenvalue weighted by atomic mass is 10.2. The molecule has 2 rings (SSSR count). The number of hydrogen-bond donors (Lipinski definition) is 2. The first-order chi connectivity index (χ1) is 11.5. The molecule has 24 heavy (non-hydrogen) atoms. The third kappa shape index (κ3) is 4.60. The second kappa shape index (κ2) is 8.16. The average molecular weight is 345 g/mol. The molecule has 0 atom stereocenters. The van der Waals surface area contributed by atoms with Crippen LogP contribution in [0.2, 0.25) is 0 Å². The van der Waals surface area contributed by atoms with E-state index in [0.717, 1.165) is 0 Å². The zero-order chi connectivity index (χ0) is 17.5. The Morgan fingerprint density at radius 2 is 1.75 bits per heavy atom. The highest BCUT2D eigenvalue weighted by Crippen LogP contribution is 2.23. The summed E-state index contributed by atoms with van der Waals surface area (Å²) in [7, 11) is 1.30. The van der Waals surface area contributed by atoms with Gasteiger partial charge in [-0.25, -0.2) is 9.59 Å². The van der Waals surface area contributed by atoms with Crippen LogP contribution in [-0.4, -0.2) is 35.8 Å². The highest BCUT2D eigenvalue weighted by atomic mass is 32.2. The molecule has 6 nitrogen and oxygen atoms in total. The maximum absolute atomic E-state index is 12.0. The second-order valence-electron chi connectivity index (χ2n) is 4.71. The van der Waals surface area contributed by atoms with Gasteiger partial charge in [-0.15, -0.1) is 11.8 Å². The molecule has 0 saturated carbocycles. The van der Waals surface area contributed by atoms with E-state index >= 15 is 0 Å². The van der Waals surface area contributed by atoms with Crippen LogP contribution in [-0.2, 0) is 9.53 Å². The van der Waals surface area contributed by atoms with Gasteiger partial charge < -0.3 is 15.2 Å². The third-order valence-electron chi connectivity index (χ3n) is 3.07. The SMILES string of the molecule is COC(=O)c1ccccc1SCC(=O)Nc1ccc(C(=O)O)cc1. The van der Waals surface area contributed by atoms with Gasteiger partial charge in [-0.2, -0.15) is 0 Å². The van der Waals surface area contributed by atoms with Crippen molar-refractivity contribution in [3.8, 4) is 0 Å². The molecular weight excluding hydrogens is 330 g/mol. The fourth-order valence-electron chi connectivity index (χ4n) is 1.91. The molecule has 124 valence electrons. The number of aromatic carboxylic acids is 1. The van der Waals surface area contributed by atoms with E-state index in [9.17, 15) is 14.4 Å². The van der Waals surface area contributed by atoms with E-state index in [1.165, 1.54) is 43.1 Å². The van der Waals surface area contributed by atoms with E-state index in [-0.39, 0.29) is 17.2 Å². The van der Waals surface area contributed by atoms with Gasteiger partial charge in [0.05, 0.1) is 24.0 Å². The van der Waals surface area contributed by atoms with E-state index in [0.29, 0.717) is 16.1 Å². The molecule has 2 aromatic carbocycles. The van der Waals surface area contributed by atoms with Crippen LogP contribution in [0.3, 0.4) is 0 Å². The van der Waals surface area contributed by atoms with Crippen LogP contribution in [0.25, 0.3) is 0 Å². The molecule has 0 aliphatic carbocycles. The third-order valence-corrected chi connectivity index (χ3v) is 4.14. The summed E-state index contributed by atoms with van der Waals surface area (Å²) in [5, 5.41) is 11.5. The van der Waals surface area contributed by atoms with Gasteiger partial charge in [0.1, 0.15) is 0 Å². The fourth-order valence-corrected chi connectivity index (χ4v) is 2.75. The minimum Gasteiger partial charge on any atom is -0.478 e. The quantitative estimate of drug-likeness (QED) is 0.618. The summed E-state index contributed by atoms with van der Waals surface area (Å²) >= 11 is 1.22. The van der Waals surface area contributed by atoms with Gasteiger partial charge in [0.2, 0.25) is 5.91 Å². The first kappa shape index (κ1) is 17.6. The van der Waals surface area contributed by atoms with Gasteiger partial charge in [0, 0.05) is 10.6 Å². The van der Waals surface area contributed by atoms with Crippen LogP contribution in [0.4, 0.5) is 5.69 Å². The first-order valence-electron chi connectivity index (χ1n) is 6.94. The van der Waals surface area contributed by atoms with Crippen molar-refractivity contribution in [3.05, 3.63) is 59.7 Å². The number of carboxylic acid groups (broad SMARTS) is 1. The molecule has 7 heteroatoms. The highest BCUT2D eigenvalue weighted by molar-refractivity contribution is 8.00. The summed E-state index contributed by atoms with van der Waals surface area (Å²) in [4.78, 5) is 35.1. The van der Waals surface area contributed by atoms with Crippen LogP contribution in [0.15, 0.2) is 53.4 Å². The Bertz CT molecular complexity index is 758. The minimum atomic E-state index is -1.03. The summed E-state index contributed by atoms with van der Waals surface area (Å²) in [6, 6.07) is 12.7. The van der Waals surface area contributed by atoms with E-state index < -0.39 is 11.9 Å². The highest BCUT2D eigenvalue weighted by Gasteiger charge is 2.13. The number of anilines is 1. The van der Waals surface area contributed by atoms with Gasteiger partial charge >= 0.3 is 11.9 Å². The first-order valence-corrected chi connectivity index (χ1v) is 7.93. The minimum absolute atomic E-state index is 0.106. The molecule has 0 spiro atoms. The van der Waals surface area contributed by atoms with Crippen molar-refractivity contribution in [2.45, 2.75) is 4.90 Å². The summed E-state index contributed by atoms with van der Waals surface area (Å²) in [6.45, 7) is 0. The Balaban J connectivity index is 1.96. The molecule has 0 aromatic heterocycles. The topological polar surface area (TPSA) is 92.7 Å². The van der Waals surface area contributed by atoms with Crippen LogP contribution < -0.4 is 5.32 Å². The number of hydrogen-bond acceptors (Lipinski definition) is 5. The number of ether oxygens (including phenoxy) is 1. The van der Waals surface area contributed by atoms with Gasteiger partial charge in [-0.1, -0.05) is 12.1 Å². The van der Waals surface area contributed by atoms with Crippen molar-refractivity contribution in [2.75, 3.05) is 18.2 Å². The van der Waals surface area contributed by atoms with E-state index in [4.69, 9.17) is 9.84 Å². The molecule has 0 aliphatic rings. The lowest BCUT2D eigenvalue weighted by Crippen LogP contribution is -2.14. The molecule has 0 heterocycles. The number of esters is 1. The molecule has 0 bridgehead atoms. The molecule has 0 radical (unpaired) electrons. The van der Waals surface area contributed by atoms with Gasteiger partial charge in [0.25, 0.3) is 0 Å². The molecular formula is C17H15NO5S. The largest absolute Gasteiger partial charge is 0.478 e. The van der Waals surface area contributed by atoms with Crippen LogP contribution in [0.1, 0.15) is 20.7 Å². The van der Waals surface area contributed by atoms with Crippen molar-refractivity contribution < 1.29 is 24.2 Å². The number of carboxylic acids is 1. The smallest absolute Gasteiger partial charge is 0.338 e. The van der Waals surface area contributed by atoms with E-state index in [2.05, 4.69) is 5.32 Å². The molecule has 0 aliphatic heterocycles. The monoisotopic (exact) mass is 345 g/mol. The summed E-state index contributed by atoms with van der Waals surface area (Å²) < 4.78 is 4.71. The molecule has 1 amide bonds. The standard InChI is InChI=1S/C17H15NO5S/c1-23-17(22)13-4-2-3-5-14(13)24-10-15(19)18-12-8-6-11(7-9-12)16(20)21/h2-9H,10H2,1H3,(H,18,19)(H,20,21). The molecule has 0 fully saturated rings. The second-order valence-corrected chi connectivity index (χ2v) is 5.72. The summed E-state index contributed by atoms with van der Waals surface area (Å²) in [5.74, 6) is -1.64. The van der Waals surface area contributed by atoms with Crippen LogP contribution >= 0.6 is 11.8 Å². The van der Waals surface area contributed by atoms with Crippen LogP contribution in [0.5, 0.6) is 0 Å². The Morgan fingerprint density at radius 1 is 1.08 bits per heavy atom. The molecule has 0 saturated heterocycles. The molecule has 2 aromatic rings. The van der Waals surface area contributed by atoms with Crippen molar-refractivity contribution in [2.24, 2.45) is 0 Å². The number of amides is 1. The Labute approximate surface area is 142 Å². The Kier molecular flexibility index (Phi) is 5.97. The predicted molar refractivity (Wildman–Crippen MR) is 90.5 cm³/mol. The van der Waals surface area contributed by atoms with E-state index in [1.807, 2.05) is 0 Å². The van der Waals surface area contributed by atoms with E-state index in [1.54, 1.807) is 24.3 Å². The van der Waals surface area contributed by atoms with Crippen molar-refractivity contribution >= 4 is 35.3 Å². The van der Waals surface area contributed by atoms with Crippen molar-refractivity contribution in [3.63, 3.8) is 0 Å². The number of methoxy groups -OCH3 is 1. The number of benzene rings is 2. The average Bonchev–Trinajstić information content (AvgIpc) is 2.60. The summed E-state index contributed by atoms with van der Waals surface area (Å²) in [5.41, 5.74) is 1.06. The summed E-state index contributed by atoms with van der Waals surface area (Å²) in [6.07, 6.45) is 0. The fraction of sp³-hybridized carbons (Fsp3) is 0.118. The lowest BCUT2D eigenvalue weighted by Gasteiger charge is -2.08. The maximum Gasteiger partial charge on any atom is 0.338 e. The molecule has 2 N–H and O–H groups in total. The van der Waals surface area contributed by atoms with Gasteiger partial charge in [-0.3, -0.25) is 4.79 Å². The zero-order valence-corrected chi connectivity index (χ0v) is 13.6.